The van der Waals surface area contributed by atoms with Crippen molar-refractivity contribution in [1.82, 2.24) is 5.32 Å². The maximum atomic E-state index is 12.7. The number of amides is 1. The standard InChI is InChI=1S/C8H8FNO2/c9-4-1-2-5-6(3-4)8(12)10-7(5)11/h2-4,7,11H,1H2,(H,10,12). The lowest BCUT2D eigenvalue weighted by atomic mass is 9.98. The molecule has 4 heteroatoms. The molecule has 1 aliphatic carbocycles. The number of carbonyl (C=O) groups excluding carboxylic acids is 1. The van der Waals surface area contributed by atoms with Crippen LogP contribution in [0.2, 0.25) is 0 Å². The van der Waals surface area contributed by atoms with Gasteiger partial charge >= 0.3 is 0 Å². The number of aliphatic hydroxyl groups excluding tert-OH is 1. The van der Waals surface area contributed by atoms with Gasteiger partial charge in [-0.15, -0.1) is 0 Å². The van der Waals surface area contributed by atoms with Crippen molar-refractivity contribution in [2.75, 3.05) is 0 Å². The Kier molecular flexibility index (Phi) is 1.51. The summed E-state index contributed by atoms with van der Waals surface area (Å²) in [6, 6.07) is 0. The van der Waals surface area contributed by atoms with E-state index in [1.807, 2.05) is 0 Å². The molecule has 0 bridgehead atoms. The van der Waals surface area contributed by atoms with Crippen molar-refractivity contribution in [2.45, 2.75) is 18.8 Å². The number of halogens is 1. The molecule has 0 spiro atoms. The summed E-state index contributed by atoms with van der Waals surface area (Å²) >= 11 is 0. The SMILES string of the molecule is O=C1NC(O)C2=CCC(F)C=C12. The second-order valence-corrected chi connectivity index (χ2v) is 2.87. The highest BCUT2D eigenvalue weighted by molar-refractivity contribution is 6.02. The number of fused-ring (bicyclic) bond motifs is 1. The average molecular weight is 169 g/mol. The first-order valence-electron chi connectivity index (χ1n) is 3.74. The zero-order valence-electron chi connectivity index (χ0n) is 6.25. The summed E-state index contributed by atoms with van der Waals surface area (Å²) in [5, 5.41) is 11.5. The zero-order chi connectivity index (χ0) is 8.72. The zero-order valence-corrected chi connectivity index (χ0v) is 6.25. The Bertz CT molecular complexity index is 295. The normalized spacial score (nSPS) is 33.7. The predicted molar refractivity (Wildman–Crippen MR) is 39.8 cm³/mol. The molecule has 0 aromatic rings. The van der Waals surface area contributed by atoms with Crippen LogP contribution in [-0.4, -0.2) is 23.4 Å². The number of rotatable bonds is 0. The van der Waals surface area contributed by atoms with Crippen LogP contribution in [0.15, 0.2) is 23.3 Å². The Labute approximate surface area is 68.6 Å². The van der Waals surface area contributed by atoms with Crippen LogP contribution in [0.25, 0.3) is 0 Å². The van der Waals surface area contributed by atoms with Crippen molar-refractivity contribution in [2.24, 2.45) is 0 Å². The Balaban J connectivity index is 2.39. The van der Waals surface area contributed by atoms with Crippen LogP contribution >= 0.6 is 0 Å². The summed E-state index contributed by atoms with van der Waals surface area (Å²) in [6.07, 6.45) is 1.00. The molecule has 2 unspecified atom stereocenters. The molecular weight excluding hydrogens is 161 g/mol. The molecule has 1 amide bonds. The molecule has 1 saturated heterocycles. The molecule has 0 aromatic carbocycles. The average Bonchev–Trinajstić information content (AvgIpc) is 2.28. The number of carbonyl (C=O) groups is 1. The first kappa shape index (κ1) is 7.49. The maximum absolute atomic E-state index is 12.7. The van der Waals surface area contributed by atoms with Crippen molar-refractivity contribution in [3.63, 3.8) is 0 Å². The van der Waals surface area contributed by atoms with E-state index in [1.165, 1.54) is 6.08 Å². The van der Waals surface area contributed by atoms with E-state index < -0.39 is 18.3 Å². The van der Waals surface area contributed by atoms with E-state index >= 15 is 0 Å². The summed E-state index contributed by atoms with van der Waals surface area (Å²) in [5.41, 5.74) is 0.787. The third-order valence-corrected chi connectivity index (χ3v) is 2.03. The van der Waals surface area contributed by atoms with Gasteiger partial charge in [0.2, 0.25) is 0 Å². The third kappa shape index (κ3) is 0.956. The molecule has 0 radical (unpaired) electrons. The predicted octanol–water partition coefficient (Wildman–Crippen LogP) is 0.0292. The van der Waals surface area contributed by atoms with Crippen LogP contribution in [0, 0.1) is 0 Å². The van der Waals surface area contributed by atoms with Gasteiger partial charge in [-0.05, 0) is 6.08 Å². The Morgan fingerprint density at radius 2 is 2.42 bits per heavy atom. The van der Waals surface area contributed by atoms with Crippen molar-refractivity contribution in [3.8, 4) is 0 Å². The molecule has 64 valence electrons. The van der Waals surface area contributed by atoms with Gasteiger partial charge in [-0.2, -0.15) is 0 Å². The molecule has 2 rings (SSSR count). The fourth-order valence-electron chi connectivity index (χ4n) is 1.44. The number of hydrogen-bond donors (Lipinski definition) is 2. The monoisotopic (exact) mass is 169 g/mol. The van der Waals surface area contributed by atoms with Crippen LogP contribution in [0.5, 0.6) is 0 Å². The van der Waals surface area contributed by atoms with Gasteiger partial charge in [0, 0.05) is 17.6 Å². The fraction of sp³-hybridized carbons (Fsp3) is 0.375. The molecular formula is C8H8FNO2. The van der Waals surface area contributed by atoms with E-state index in [0.29, 0.717) is 5.57 Å². The van der Waals surface area contributed by atoms with Gasteiger partial charge in [-0.3, -0.25) is 4.79 Å². The van der Waals surface area contributed by atoms with E-state index in [2.05, 4.69) is 5.32 Å². The van der Waals surface area contributed by atoms with E-state index in [-0.39, 0.29) is 12.0 Å². The molecule has 2 N–H and O–H groups in total. The molecule has 2 atom stereocenters. The topological polar surface area (TPSA) is 49.3 Å². The lowest BCUT2D eigenvalue weighted by Gasteiger charge is -2.10. The van der Waals surface area contributed by atoms with Crippen LogP contribution in [0.4, 0.5) is 4.39 Å². The van der Waals surface area contributed by atoms with Crippen molar-refractivity contribution in [1.29, 1.82) is 0 Å². The third-order valence-electron chi connectivity index (χ3n) is 2.03. The lowest BCUT2D eigenvalue weighted by molar-refractivity contribution is -0.117. The molecule has 0 aromatic heterocycles. The van der Waals surface area contributed by atoms with Crippen molar-refractivity contribution >= 4 is 5.91 Å². The molecule has 1 aliphatic heterocycles. The summed E-state index contributed by atoms with van der Waals surface area (Å²) in [7, 11) is 0. The minimum Gasteiger partial charge on any atom is -0.369 e. The van der Waals surface area contributed by atoms with Crippen LogP contribution in [-0.2, 0) is 4.79 Å². The van der Waals surface area contributed by atoms with E-state index in [9.17, 15) is 14.3 Å². The Morgan fingerprint density at radius 3 is 3.17 bits per heavy atom. The first-order valence-corrected chi connectivity index (χ1v) is 3.74. The summed E-state index contributed by atoms with van der Waals surface area (Å²) in [6.45, 7) is 0. The quantitative estimate of drug-likeness (QED) is 0.537. The number of allylic oxidation sites excluding steroid dienone is 2. The second-order valence-electron chi connectivity index (χ2n) is 2.87. The highest BCUT2D eigenvalue weighted by atomic mass is 19.1. The fourth-order valence-corrected chi connectivity index (χ4v) is 1.44. The maximum Gasteiger partial charge on any atom is 0.253 e. The second kappa shape index (κ2) is 2.42. The van der Waals surface area contributed by atoms with E-state index in [4.69, 9.17) is 0 Å². The summed E-state index contributed by atoms with van der Waals surface area (Å²) < 4.78 is 12.7. The molecule has 2 aliphatic rings. The molecule has 0 saturated carbocycles. The van der Waals surface area contributed by atoms with Crippen LogP contribution < -0.4 is 5.32 Å². The summed E-state index contributed by atoms with van der Waals surface area (Å²) in [4.78, 5) is 11.0. The number of alkyl halides is 1. The summed E-state index contributed by atoms with van der Waals surface area (Å²) in [5.74, 6) is -0.392. The number of aliphatic hydroxyl groups is 1. The number of nitrogens with one attached hydrogen (secondary N) is 1. The van der Waals surface area contributed by atoms with Gasteiger partial charge < -0.3 is 10.4 Å². The first-order chi connectivity index (χ1) is 5.68. The minimum absolute atomic E-state index is 0.241. The molecule has 12 heavy (non-hydrogen) atoms. The van der Waals surface area contributed by atoms with Crippen molar-refractivity contribution in [3.05, 3.63) is 23.3 Å². The van der Waals surface area contributed by atoms with Gasteiger partial charge in [0.15, 0.2) is 6.23 Å². The van der Waals surface area contributed by atoms with Gasteiger partial charge in [-0.1, -0.05) is 6.08 Å². The highest BCUT2D eigenvalue weighted by Crippen LogP contribution is 2.27. The van der Waals surface area contributed by atoms with Crippen LogP contribution in [0.1, 0.15) is 6.42 Å². The van der Waals surface area contributed by atoms with Gasteiger partial charge in [0.25, 0.3) is 5.91 Å². The van der Waals surface area contributed by atoms with Crippen LogP contribution in [0.3, 0.4) is 0 Å². The number of hydrogen-bond acceptors (Lipinski definition) is 2. The molecule has 1 fully saturated rings. The minimum atomic E-state index is -1.10. The Hall–Kier alpha value is -1.16. The largest absolute Gasteiger partial charge is 0.369 e. The smallest absolute Gasteiger partial charge is 0.253 e. The van der Waals surface area contributed by atoms with E-state index in [1.54, 1.807) is 6.08 Å². The molecule has 3 nitrogen and oxygen atoms in total. The highest BCUT2D eigenvalue weighted by Gasteiger charge is 2.32. The molecule has 1 heterocycles. The van der Waals surface area contributed by atoms with Gasteiger partial charge in [-0.25, -0.2) is 4.39 Å². The van der Waals surface area contributed by atoms with Gasteiger partial charge in [0.1, 0.15) is 6.17 Å². The van der Waals surface area contributed by atoms with E-state index in [0.717, 1.165) is 0 Å². The van der Waals surface area contributed by atoms with Crippen molar-refractivity contribution < 1.29 is 14.3 Å². The lowest BCUT2D eigenvalue weighted by Crippen LogP contribution is -2.25. The Morgan fingerprint density at radius 1 is 1.67 bits per heavy atom. The van der Waals surface area contributed by atoms with Gasteiger partial charge in [0.05, 0.1) is 0 Å².